The second kappa shape index (κ2) is 7.87. The quantitative estimate of drug-likeness (QED) is 0.811. The molecule has 1 aromatic rings. The molecule has 2 rings (SSSR count). The van der Waals surface area contributed by atoms with E-state index in [4.69, 9.17) is 0 Å². The van der Waals surface area contributed by atoms with E-state index in [9.17, 15) is 9.50 Å². The zero-order chi connectivity index (χ0) is 15.2. The Hall–Kier alpha value is -0.970. The minimum atomic E-state index is -0.128. The van der Waals surface area contributed by atoms with Gasteiger partial charge in [-0.1, -0.05) is 19.1 Å². The van der Waals surface area contributed by atoms with Crippen molar-refractivity contribution in [1.29, 1.82) is 0 Å². The van der Waals surface area contributed by atoms with Gasteiger partial charge in [0.2, 0.25) is 0 Å². The van der Waals surface area contributed by atoms with E-state index in [2.05, 4.69) is 17.1 Å². The first-order valence-electron chi connectivity index (χ1n) is 7.96. The molecule has 0 spiro atoms. The zero-order valence-electron chi connectivity index (χ0n) is 13.1. The minimum Gasteiger partial charge on any atom is -0.396 e. The Bertz CT molecular complexity index is 452. The number of hydrogen-bond acceptors (Lipinski definition) is 3. The highest BCUT2D eigenvalue weighted by Crippen LogP contribution is 2.22. The third-order valence-corrected chi connectivity index (χ3v) is 4.41. The number of benzene rings is 1. The largest absolute Gasteiger partial charge is 0.396 e. The fourth-order valence-electron chi connectivity index (χ4n) is 3.04. The predicted octanol–water partition coefficient (Wildman–Crippen LogP) is 2.49. The van der Waals surface area contributed by atoms with Gasteiger partial charge in [-0.2, -0.15) is 0 Å². The van der Waals surface area contributed by atoms with Gasteiger partial charge in [-0.15, -0.1) is 0 Å². The number of aryl methyl sites for hydroxylation is 1. The number of nitrogens with zero attached hydrogens (tertiary/aromatic N) is 1. The van der Waals surface area contributed by atoms with Crippen LogP contribution < -0.4 is 5.32 Å². The van der Waals surface area contributed by atoms with Crippen molar-refractivity contribution < 1.29 is 9.50 Å². The molecule has 118 valence electrons. The first kappa shape index (κ1) is 16.4. The third kappa shape index (κ3) is 4.50. The Morgan fingerprint density at radius 2 is 2.29 bits per heavy atom. The van der Waals surface area contributed by atoms with Crippen LogP contribution in [0.5, 0.6) is 0 Å². The summed E-state index contributed by atoms with van der Waals surface area (Å²) in [6, 6.07) is 5.72. The van der Waals surface area contributed by atoms with Crippen molar-refractivity contribution in [2.24, 2.45) is 5.92 Å². The molecule has 1 aromatic carbocycles. The Morgan fingerprint density at radius 1 is 1.48 bits per heavy atom. The maximum absolute atomic E-state index is 13.8. The van der Waals surface area contributed by atoms with E-state index in [1.165, 1.54) is 0 Å². The molecule has 0 bridgehead atoms. The summed E-state index contributed by atoms with van der Waals surface area (Å²) in [5.41, 5.74) is 1.72. The van der Waals surface area contributed by atoms with Crippen molar-refractivity contribution >= 4 is 0 Å². The molecule has 1 heterocycles. The first-order valence-corrected chi connectivity index (χ1v) is 7.96. The summed E-state index contributed by atoms with van der Waals surface area (Å²) in [4.78, 5) is 2.40. The summed E-state index contributed by atoms with van der Waals surface area (Å²) in [5.74, 6) is 0.302. The molecule has 0 aromatic heterocycles. The van der Waals surface area contributed by atoms with Crippen molar-refractivity contribution in [3.05, 3.63) is 35.1 Å². The summed E-state index contributed by atoms with van der Waals surface area (Å²) < 4.78 is 13.8. The Labute approximate surface area is 127 Å². The van der Waals surface area contributed by atoms with Crippen LogP contribution in [0.4, 0.5) is 4.39 Å². The molecule has 0 amide bonds. The number of aliphatic hydroxyl groups excluding tert-OH is 1. The van der Waals surface area contributed by atoms with Crippen LogP contribution >= 0.6 is 0 Å². The Balaban J connectivity index is 1.94. The lowest BCUT2D eigenvalue weighted by Gasteiger charge is -2.22. The lowest BCUT2D eigenvalue weighted by molar-refractivity contribution is 0.219. The minimum absolute atomic E-state index is 0.128. The van der Waals surface area contributed by atoms with Crippen LogP contribution in [0.3, 0.4) is 0 Å². The van der Waals surface area contributed by atoms with Gasteiger partial charge >= 0.3 is 0 Å². The van der Waals surface area contributed by atoms with E-state index < -0.39 is 0 Å². The van der Waals surface area contributed by atoms with Crippen LogP contribution in [0.15, 0.2) is 18.2 Å². The molecule has 1 aliphatic rings. The van der Waals surface area contributed by atoms with E-state index in [-0.39, 0.29) is 18.5 Å². The third-order valence-electron chi connectivity index (χ3n) is 4.41. The van der Waals surface area contributed by atoms with E-state index in [0.29, 0.717) is 11.5 Å². The van der Waals surface area contributed by atoms with E-state index in [1.54, 1.807) is 13.0 Å². The molecule has 2 N–H and O–H groups in total. The number of halogens is 1. The Kier molecular flexibility index (Phi) is 6.15. The predicted molar refractivity (Wildman–Crippen MR) is 83.8 cm³/mol. The van der Waals surface area contributed by atoms with Crippen molar-refractivity contribution in [1.82, 2.24) is 10.2 Å². The van der Waals surface area contributed by atoms with Gasteiger partial charge in [-0.3, -0.25) is 0 Å². The fraction of sp³-hybridized carbons (Fsp3) is 0.647. The van der Waals surface area contributed by atoms with Gasteiger partial charge in [0.1, 0.15) is 5.82 Å². The van der Waals surface area contributed by atoms with Crippen LogP contribution in [-0.2, 0) is 0 Å². The van der Waals surface area contributed by atoms with Crippen molar-refractivity contribution in [3.63, 3.8) is 0 Å². The average molecular weight is 294 g/mol. The standard InChI is InChI=1S/C17H27FN2O/c1-3-19-17(15-5-4-13(2)16(18)10-15)7-9-20-8-6-14(11-20)12-21/h4-5,10,14,17,19,21H,3,6-9,11-12H2,1-2H3. The molecule has 1 fully saturated rings. The molecule has 1 aliphatic heterocycles. The maximum Gasteiger partial charge on any atom is 0.126 e. The van der Waals surface area contributed by atoms with Crippen LogP contribution in [-0.4, -0.2) is 42.8 Å². The van der Waals surface area contributed by atoms with Gasteiger partial charge in [-0.05, 0) is 62.5 Å². The summed E-state index contributed by atoms with van der Waals surface area (Å²) in [5, 5.41) is 12.7. The van der Waals surface area contributed by atoms with Gasteiger partial charge in [0, 0.05) is 19.2 Å². The number of rotatable bonds is 7. The van der Waals surface area contributed by atoms with E-state index in [0.717, 1.165) is 44.6 Å². The highest BCUT2D eigenvalue weighted by atomic mass is 19.1. The van der Waals surface area contributed by atoms with E-state index >= 15 is 0 Å². The molecule has 2 atom stereocenters. The first-order chi connectivity index (χ1) is 10.1. The monoisotopic (exact) mass is 294 g/mol. The molecule has 2 unspecified atom stereocenters. The molecule has 21 heavy (non-hydrogen) atoms. The lowest BCUT2D eigenvalue weighted by Crippen LogP contribution is -2.28. The second-order valence-electron chi connectivity index (χ2n) is 6.05. The zero-order valence-corrected chi connectivity index (χ0v) is 13.1. The van der Waals surface area contributed by atoms with Gasteiger partial charge < -0.3 is 15.3 Å². The second-order valence-corrected chi connectivity index (χ2v) is 6.05. The molecular formula is C17H27FN2O. The summed E-state index contributed by atoms with van der Waals surface area (Å²) in [6.07, 6.45) is 2.05. The average Bonchev–Trinajstić information content (AvgIpc) is 2.94. The number of aliphatic hydroxyl groups is 1. The normalized spacial score (nSPS) is 20.9. The van der Waals surface area contributed by atoms with Crippen molar-refractivity contribution in [2.75, 3.05) is 32.8 Å². The van der Waals surface area contributed by atoms with Crippen LogP contribution in [0.1, 0.15) is 36.9 Å². The van der Waals surface area contributed by atoms with Gasteiger partial charge in [-0.25, -0.2) is 4.39 Å². The van der Waals surface area contributed by atoms with Crippen LogP contribution in [0, 0.1) is 18.7 Å². The van der Waals surface area contributed by atoms with Gasteiger partial charge in [0.05, 0.1) is 0 Å². The fourth-order valence-corrected chi connectivity index (χ4v) is 3.04. The lowest BCUT2D eigenvalue weighted by atomic mass is 10.0. The van der Waals surface area contributed by atoms with Gasteiger partial charge in [0.15, 0.2) is 0 Å². The van der Waals surface area contributed by atoms with Crippen LogP contribution in [0.2, 0.25) is 0 Å². The Morgan fingerprint density at radius 3 is 2.90 bits per heavy atom. The molecular weight excluding hydrogens is 267 g/mol. The highest BCUT2D eigenvalue weighted by Gasteiger charge is 2.22. The van der Waals surface area contributed by atoms with E-state index in [1.807, 2.05) is 12.1 Å². The molecule has 4 heteroatoms. The smallest absolute Gasteiger partial charge is 0.126 e. The molecule has 1 saturated heterocycles. The number of hydrogen-bond donors (Lipinski definition) is 2. The number of nitrogens with one attached hydrogen (secondary N) is 1. The highest BCUT2D eigenvalue weighted by molar-refractivity contribution is 5.25. The van der Waals surface area contributed by atoms with Crippen molar-refractivity contribution in [2.45, 2.75) is 32.7 Å². The summed E-state index contributed by atoms with van der Waals surface area (Å²) >= 11 is 0. The molecule has 3 nitrogen and oxygen atoms in total. The summed E-state index contributed by atoms with van der Waals surface area (Å²) in [6.45, 7) is 8.07. The molecule has 0 radical (unpaired) electrons. The topological polar surface area (TPSA) is 35.5 Å². The SMILES string of the molecule is CCNC(CCN1CCC(CO)C1)c1ccc(C)c(F)c1. The molecule has 0 saturated carbocycles. The molecule has 0 aliphatic carbocycles. The summed E-state index contributed by atoms with van der Waals surface area (Å²) in [7, 11) is 0. The van der Waals surface area contributed by atoms with Gasteiger partial charge in [0.25, 0.3) is 0 Å². The maximum atomic E-state index is 13.8. The van der Waals surface area contributed by atoms with Crippen molar-refractivity contribution in [3.8, 4) is 0 Å². The number of likely N-dealkylation sites (tertiary alicyclic amines) is 1. The van der Waals surface area contributed by atoms with Crippen LogP contribution in [0.25, 0.3) is 0 Å².